The van der Waals surface area contributed by atoms with Gasteiger partial charge in [-0.25, -0.2) is 0 Å². The van der Waals surface area contributed by atoms with Gasteiger partial charge in [-0.2, -0.15) is 5.26 Å². The summed E-state index contributed by atoms with van der Waals surface area (Å²) < 4.78 is 24.0. The first kappa shape index (κ1) is 26.4. The molecule has 0 radical (unpaired) electrons. The van der Waals surface area contributed by atoms with Gasteiger partial charge >= 0.3 is 0 Å². The van der Waals surface area contributed by atoms with Crippen molar-refractivity contribution in [1.29, 1.82) is 5.26 Å². The maximum atomic E-state index is 11.9. The van der Waals surface area contributed by atoms with Crippen LogP contribution in [0.4, 0.5) is 0 Å². The number of rotatable bonds is 10. The number of fused-ring (bicyclic) bond motifs is 5. The molecule has 8 atom stereocenters. The van der Waals surface area contributed by atoms with E-state index in [1.807, 2.05) is 13.8 Å². The van der Waals surface area contributed by atoms with Gasteiger partial charge < -0.3 is 24.1 Å². The number of nitriles is 1. The van der Waals surface area contributed by atoms with Gasteiger partial charge in [-0.3, -0.25) is 0 Å². The maximum absolute atomic E-state index is 11.9. The Bertz CT molecular complexity index is 741. The van der Waals surface area contributed by atoms with E-state index in [0.29, 0.717) is 63.1 Å². The first-order valence-corrected chi connectivity index (χ1v) is 13.8. The normalized spacial score (nSPS) is 45.8. The Morgan fingerprint density at radius 2 is 1.68 bits per heavy atom. The summed E-state index contributed by atoms with van der Waals surface area (Å²) in [5.74, 6) is 1.68. The zero-order valence-electron chi connectivity index (χ0n) is 21.9. The van der Waals surface area contributed by atoms with Gasteiger partial charge in [0.1, 0.15) is 13.6 Å². The Kier molecular flexibility index (Phi) is 8.02. The molecule has 6 heteroatoms. The lowest BCUT2D eigenvalue weighted by atomic mass is 9.43. The molecule has 0 aliphatic heterocycles. The summed E-state index contributed by atoms with van der Waals surface area (Å²) in [5, 5.41) is 21.2. The van der Waals surface area contributed by atoms with E-state index in [9.17, 15) is 10.4 Å². The largest absolute Gasteiger partial charge is 0.389 e. The van der Waals surface area contributed by atoms with Gasteiger partial charge in [0.15, 0.2) is 0 Å². The summed E-state index contributed by atoms with van der Waals surface area (Å²) in [6.07, 6.45) is 10.6. The van der Waals surface area contributed by atoms with Crippen LogP contribution < -0.4 is 0 Å². The SMILES string of the molecule is CCOCOC1CC[C@@]2(C)[C@H](CC[C@@H]3[C@@H]2CC[C@]2(C)C(O)(CCC#N)CC[C@]32OCOCC)C1. The highest BCUT2D eigenvalue weighted by molar-refractivity contribution is 5.22. The van der Waals surface area contributed by atoms with E-state index in [0.717, 1.165) is 38.5 Å². The molecule has 0 bridgehead atoms. The molecule has 6 nitrogen and oxygen atoms in total. The molecular formula is C28H47NO5. The lowest BCUT2D eigenvalue weighted by Gasteiger charge is -2.65. The second-order valence-corrected chi connectivity index (χ2v) is 11.9. The van der Waals surface area contributed by atoms with Crippen molar-refractivity contribution >= 4 is 0 Å². The fraction of sp³-hybridized carbons (Fsp3) is 0.964. The first-order chi connectivity index (χ1) is 16.3. The van der Waals surface area contributed by atoms with Crippen LogP contribution in [0.25, 0.3) is 0 Å². The van der Waals surface area contributed by atoms with Crippen molar-refractivity contribution in [3.63, 3.8) is 0 Å². The highest BCUT2D eigenvalue weighted by atomic mass is 16.7. The third-order valence-electron chi connectivity index (χ3n) is 10.9. The topological polar surface area (TPSA) is 80.9 Å². The Morgan fingerprint density at radius 1 is 0.912 bits per heavy atom. The van der Waals surface area contributed by atoms with E-state index < -0.39 is 5.60 Å². The zero-order valence-corrected chi connectivity index (χ0v) is 21.9. The van der Waals surface area contributed by atoms with Gasteiger partial charge in [0.25, 0.3) is 0 Å². The molecule has 2 unspecified atom stereocenters. The fourth-order valence-electron chi connectivity index (χ4n) is 8.88. The molecule has 0 aromatic heterocycles. The standard InChI is InChI=1S/C28H47NO5/c1-5-31-19-33-22-10-13-25(3)21(18-22)8-9-24-23(25)11-14-26(4)27(30,12-7-17-29)15-16-28(24,26)34-20-32-6-2/h21-24,30H,5-16,18-20H2,1-4H3/t21-,22?,23+,24-,25+,26-,27?,28+/m1/s1. The molecule has 4 aliphatic rings. The molecule has 34 heavy (non-hydrogen) atoms. The maximum Gasteiger partial charge on any atom is 0.147 e. The van der Waals surface area contributed by atoms with E-state index in [1.54, 1.807) is 0 Å². The van der Waals surface area contributed by atoms with E-state index in [1.165, 1.54) is 12.8 Å². The van der Waals surface area contributed by atoms with Crippen LogP contribution >= 0.6 is 0 Å². The quantitative estimate of drug-likeness (QED) is 0.327. The van der Waals surface area contributed by atoms with Crippen molar-refractivity contribution in [2.24, 2.45) is 28.6 Å². The van der Waals surface area contributed by atoms with E-state index in [-0.39, 0.29) is 23.2 Å². The summed E-state index contributed by atoms with van der Waals surface area (Å²) in [7, 11) is 0. The third-order valence-corrected chi connectivity index (χ3v) is 10.9. The molecule has 0 amide bonds. The minimum Gasteiger partial charge on any atom is -0.389 e. The Balaban J connectivity index is 1.58. The summed E-state index contributed by atoms with van der Waals surface area (Å²) >= 11 is 0. The van der Waals surface area contributed by atoms with Crippen LogP contribution in [0.2, 0.25) is 0 Å². The summed E-state index contributed by atoms with van der Waals surface area (Å²) in [6.45, 7) is 10.8. The predicted molar refractivity (Wildman–Crippen MR) is 130 cm³/mol. The lowest BCUT2D eigenvalue weighted by molar-refractivity contribution is -0.280. The van der Waals surface area contributed by atoms with Crippen molar-refractivity contribution in [2.75, 3.05) is 26.8 Å². The van der Waals surface area contributed by atoms with Gasteiger partial charge in [0.05, 0.1) is 23.4 Å². The van der Waals surface area contributed by atoms with Gasteiger partial charge in [-0.1, -0.05) is 13.8 Å². The monoisotopic (exact) mass is 477 g/mol. The highest BCUT2D eigenvalue weighted by Gasteiger charge is 2.72. The molecule has 4 fully saturated rings. The summed E-state index contributed by atoms with van der Waals surface area (Å²) in [5.41, 5.74) is -1.30. The van der Waals surface area contributed by atoms with Crippen LogP contribution in [0.3, 0.4) is 0 Å². The van der Waals surface area contributed by atoms with Crippen molar-refractivity contribution in [1.82, 2.24) is 0 Å². The smallest absolute Gasteiger partial charge is 0.147 e. The van der Waals surface area contributed by atoms with Gasteiger partial charge in [-0.15, -0.1) is 0 Å². The molecule has 4 aliphatic carbocycles. The van der Waals surface area contributed by atoms with Crippen LogP contribution in [0, 0.1) is 39.9 Å². The number of hydrogen-bond donors (Lipinski definition) is 1. The summed E-state index contributed by atoms with van der Waals surface area (Å²) in [4.78, 5) is 0. The average Bonchev–Trinajstić information content (AvgIpc) is 3.06. The van der Waals surface area contributed by atoms with Gasteiger partial charge in [0.2, 0.25) is 0 Å². The van der Waals surface area contributed by atoms with Gasteiger partial charge in [0, 0.05) is 25.0 Å². The van der Waals surface area contributed by atoms with Crippen LogP contribution in [-0.4, -0.2) is 49.2 Å². The molecule has 0 heterocycles. The average molecular weight is 478 g/mol. The fourth-order valence-corrected chi connectivity index (χ4v) is 8.88. The number of hydrogen-bond acceptors (Lipinski definition) is 6. The number of nitrogens with zero attached hydrogens (tertiary/aromatic N) is 1. The van der Waals surface area contributed by atoms with Gasteiger partial charge in [-0.05, 0) is 101 Å². The van der Waals surface area contributed by atoms with Crippen LogP contribution in [-0.2, 0) is 18.9 Å². The molecule has 0 aromatic carbocycles. The molecule has 1 N–H and O–H groups in total. The van der Waals surface area contributed by atoms with E-state index in [2.05, 4.69) is 19.9 Å². The summed E-state index contributed by atoms with van der Waals surface area (Å²) in [6, 6.07) is 2.27. The molecule has 194 valence electrons. The third kappa shape index (κ3) is 4.14. The second kappa shape index (κ2) is 10.3. The lowest BCUT2D eigenvalue weighted by Crippen LogP contribution is -2.66. The predicted octanol–water partition coefficient (Wildman–Crippen LogP) is 5.58. The number of aliphatic hydroxyl groups is 1. The van der Waals surface area contributed by atoms with E-state index >= 15 is 0 Å². The van der Waals surface area contributed by atoms with E-state index in [4.69, 9.17) is 18.9 Å². The molecule has 0 saturated heterocycles. The first-order valence-electron chi connectivity index (χ1n) is 13.8. The van der Waals surface area contributed by atoms with Crippen molar-refractivity contribution in [3.8, 4) is 6.07 Å². The Morgan fingerprint density at radius 3 is 2.41 bits per heavy atom. The molecule has 0 aromatic rings. The molecule has 4 saturated carbocycles. The molecule has 0 spiro atoms. The minimum absolute atomic E-state index is 0.283. The zero-order chi connectivity index (χ0) is 24.5. The second-order valence-electron chi connectivity index (χ2n) is 11.9. The van der Waals surface area contributed by atoms with Crippen LogP contribution in [0.5, 0.6) is 0 Å². The Labute approximate surface area is 206 Å². The van der Waals surface area contributed by atoms with Crippen molar-refractivity contribution in [3.05, 3.63) is 0 Å². The minimum atomic E-state index is -0.845. The molecular weight excluding hydrogens is 430 g/mol. The van der Waals surface area contributed by atoms with Crippen molar-refractivity contribution < 1.29 is 24.1 Å². The highest BCUT2D eigenvalue weighted by Crippen LogP contribution is 2.71. The molecule has 4 rings (SSSR count). The Hall–Kier alpha value is -0.710. The van der Waals surface area contributed by atoms with Crippen LogP contribution in [0.15, 0.2) is 0 Å². The van der Waals surface area contributed by atoms with Crippen molar-refractivity contribution in [2.45, 2.75) is 116 Å². The number of ether oxygens (including phenoxy) is 4. The van der Waals surface area contributed by atoms with Crippen LogP contribution in [0.1, 0.15) is 98.3 Å².